The standard InChI is InChI=1S/C18H18N2O2/c1-12(13-6-3-2-4-7-13)19-18(22)17-11-14-10-15(21)8-5-9-16(14)20-17/h2-4,6-12,20-21H,5H2,1H3,(H,19,22)/t12-/m1/s1. The van der Waals surface area contributed by atoms with Crippen molar-refractivity contribution >= 4 is 18.1 Å². The number of aliphatic hydroxyl groups is 1. The summed E-state index contributed by atoms with van der Waals surface area (Å²) in [7, 11) is 0. The molecule has 4 heteroatoms. The number of hydrogen-bond acceptors (Lipinski definition) is 2. The smallest absolute Gasteiger partial charge is 0.268 e. The van der Waals surface area contributed by atoms with Crippen LogP contribution in [0.1, 0.15) is 35.4 Å². The second-order valence-corrected chi connectivity index (χ2v) is 5.37. The van der Waals surface area contributed by atoms with Gasteiger partial charge in [0.1, 0.15) is 11.5 Å². The highest BCUT2D eigenvalue weighted by molar-refractivity contribution is 5.92. The third-order valence-electron chi connectivity index (χ3n) is 3.72. The number of fused-ring (bicyclic) bond motifs is 1. The Morgan fingerprint density at radius 2 is 2.05 bits per heavy atom. The van der Waals surface area contributed by atoms with Crippen LogP contribution in [0.4, 0.5) is 0 Å². The first-order chi connectivity index (χ1) is 10.6. The van der Waals surface area contributed by atoms with Gasteiger partial charge in [0, 0.05) is 10.6 Å². The first-order valence-corrected chi connectivity index (χ1v) is 7.29. The molecule has 112 valence electrons. The van der Waals surface area contributed by atoms with Gasteiger partial charge in [-0.05, 0) is 37.1 Å². The number of aromatic nitrogens is 1. The van der Waals surface area contributed by atoms with E-state index < -0.39 is 0 Å². The summed E-state index contributed by atoms with van der Waals surface area (Å²) in [6.45, 7) is 1.95. The number of aromatic amines is 1. The van der Waals surface area contributed by atoms with Gasteiger partial charge in [0.2, 0.25) is 0 Å². The van der Waals surface area contributed by atoms with Gasteiger partial charge in [-0.15, -0.1) is 0 Å². The average molecular weight is 294 g/mol. The molecule has 0 saturated heterocycles. The zero-order chi connectivity index (χ0) is 15.5. The minimum absolute atomic E-state index is 0.0712. The Balaban J connectivity index is 1.83. The fourth-order valence-corrected chi connectivity index (χ4v) is 2.51. The van der Waals surface area contributed by atoms with Gasteiger partial charge in [0.05, 0.1) is 6.04 Å². The molecule has 1 amide bonds. The zero-order valence-corrected chi connectivity index (χ0v) is 12.3. The van der Waals surface area contributed by atoms with Gasteiger partial charge in [-0.1, -0.05) is 36.4 Å². The highest BCUT2D eigenvalue weighted by atomic mass is 16.3. The summed E-state index contributed by atoms with van der Waals surface area (Å²) in [5, 5.41) is 14.3. The molecule has 4 nitrogen and oxygen atoms in total. The van der Waals surface area contributed by atoms with Crippen LogP contribution in [-0.2, 0) is 0 Å². The molecular formula is C18H18N2O2. The highest BCUT2D eigenvalue weighted by Gasteiger charge is 2.13. The molecule has 22 heavy (non-hydrogen) atoms. The van der Waals surface area contributed by atoms with Gasteiger partial charge in [-0.25, -0.2) is 0 Å². The van der Waals surface area contributed by atoms with Crippen molar-refractivity contribution in [3.63, 3.8) is 0 Å². The maximum atomic E-state index is 12.4. The molecule has 0 spiro atoms. The first-order valence-electron chi connectivity index (χ1n) is 7.29. The Hall–Kier alpha value is -2.75. The van der Waals surface area contributed by atoms with Crippen molar-refractivity contribution in [2.75, 3.05) is 0 Å². The van der Waals surface area contributed by atoms with Gasteiger partial charge in [0.15, 0.2) is 0 Å². The Kier molecular flexibility index (Phi) is 3.83. The molecule has 0 aliphatic heterocycles. The number of nitrogens with one attached hydrogen (secondary N) is 2. The number of allylic oxidation sites excluding steroid dienone is 2. The first kappa shape index (κ1) is 14.2. The monoisotopic (exact) mass is 294 g/mol. The van der Waals surface area contributed by atoms with Gasteiger partial charge >= 0.3 is 0 Å². The number of rotatable bonds is 3. The molecule has 1 atom stereocenters. The van der Waals surface area contributed by atoms with Gasteiger partial charge in [0.25, 0.3) is 5.91 Å². The van der Waals surface area contributed by atoms with Crippen molar-refractivity contribution in [2.24, 2.45) is 0 Å². The highest BCUT2D eigenvalue weighted by Crippen LogP contribution is 2.11. The van der Waals surface area contributed by atoms with E-state index in [9.17, 15) is 9.90 Å². The van der Waals surface area contributed by atoms with E-state index in [2.05, 4.69) is 10.3 Å². The Bertz CT molecular complexity index is 832. The summed E-state index contributed by atoms with van der Waals surface area (Å²) in [5.41, 5.74) is 1.55. The summed E-state index contributed by atoms with van der Waals surface area (Å²) in [4.78, 5) is 15.5. The minimum atomic E-state index is -0.158. The number of amides is 1. The van der Waals surface area contributed by atoms with Crippen molar-refractivity contribution in [1.29, 1.82) is 0 Å². The van der Waals surface area contributed by atoms with Crippen LogP contribution < -0.4 is 15.9 Å². The maximum absolute atomic E-state index is 12.4. The van der Waals surface area contributed by atoms with Gasteiger partial charge < -0.3 is 15.4 Å². The van der Waals surface area contributed by atoms with Crippen LogP contribution >= 0.6 is 0 Å². The number of carbonyl (C=O) groups excluding carboxylic acids is 1. The molecule has 1 aliphatic carbocycles. The topological polar surface area (TPSA) is 65.1 Å². The van der Waals surface area contributed by atoms with Gasteiger partial charge in [-0.2, -0.15) is 0 Å². The summed E-state index contributed by atoms with van der Waals surface area (Å²) in [6.07, 6.45) is 5.97. The number of H-pyrrole nitrogens is 1. The molecule has 2 aromatic rings. The summed E-state index contributed by atoms with van der Waals surface area (Å²) in [6, 6.07) is 11.5. The maximum Gasteiger partial charge on any atom is 0.268 e. The Morgan fingerprint density at radius 3 is 2.82 bits per heavy atom. The minimum Gasteiger partial charge on any atom is -0.508 e. The van der Waals surface area contributed by atoms with E-state index in [1.165, 1.54) is 0 Å². The summed E-state index contributed by atoms with van der Waals surface area (Å²) < 4.78 is 0. The molecule has 0 saturated carbocycles. The molecule has 0 fully saturated rings. The third kappa shape index (κ3) is 2.96. The van der Waals surface area contributed by atoms with Crippen LogP contribution in [0.3, 0.4) is 0 Å². The molecule has 3 N–H and O–H groups in total. The summed E-state index contributed by atoms with van der Waals surface area (Å²) in [5.74, 6) is 0.0632. The molecule has 1 aromatic heterocycles. The number of aliphatic hydroxyl groups excluding tert-OH is 1. The van der Waals surface area contributed by atoms with Crippen LogP contribution in [0.25, 0.3) is 12.2 Å². The number of benzene rings is 1. The lowest BCUT2D eigenvalue weighted by atomic mass is 10.1. The van der Waals surface area contributed by atoms with Crippen LogP contribution in [0.15, 0.2) is 48.2 Å². The molecule has 0 radical (unpaired) electrons. The van der Waals surface area contributed by atoms with Crippen LogP contribution in [0.2, 0.25) is 0 Å². The van der Waals surface area contributed by atoms with Crippen molar-refractivity contribution in [1.82, 2.24) is 10.3 Å². The molecule has 1 aromatic carbocycles. The lowest BCUT2D eigenvalue weighted by Gasteiger charge is -2.13. The quantitative estimate of drug-likeness (QED) is 0.809. The predicted octanol–water partition coefficient (Wildman–Crippen LogP) is 1.91. The van der Waals surface area contributed by atoms with Crippen LogP contribution in [0, 0.1) is 0 Å². The molecule has 1 aliphatic rings. The van der Waals surface area contributed by atoms with Crippen LogP contribution in [-0.4, -0.2) is 16.0 Å². The second kappa shape index (κ2) is 5.93. The molecular weight excluding hydrogens is 276 g/mol. The Morgan fingerprint density at radius 1 is 1.27 bits per heavy atom. The average Bonchev–Trinajstić information content (AvgIpc) is 2.83. The van der Waals surface area contributed by atoms with E-state index in [0.29, 0.717) is 12.1 Å². The lowest BCUT2D eigenvalue weighted by molar-refractivity contribution is 0.0935. The predicted molar refractivity (Wildman–Crippen MR) is 86.6 cm³/mol. The normalized spacial score (nSPS) is 14.7. The zero-order valence-electron chi connectivity index (χ0n) is 12.3. The van der Waals surface area contributed by atoms with E-state index in [4.69, 9.17) is 0 Å². The van der Waals surface area contributed by atoms with E-state index >= 15 is 0 Å². The van der Waals surface area contributed by atoms with E-state index in [1.807, 2.05) is 43.3 Å². The largest absolute Gasteiger partial charge is 0.508 e. The Labute approximate surface area is 128 Å². The molecule has 3 rings (SSSR count). The third-order valence-corrected chi connectivity index (χ3v) is 3.72. The molecule has 1 heterocycles. The number of hydrogen-bond donors (Lipinski definition) is 3. The van der Waals surface area contributed by atoms with E-state index in [0.717, 1.165) is 16.1 Å². The van der Waals surface area contributed by atoms with Crippen molar-refractivity contribution in [2.45, 2.75) is 19.4 Å². The fourth-order valence-electron chi connectivity index (χ4n) is 2.51. The van der Waals surface area contributed by atoms with Crippen molar-refractivity contribution in [3.05, 3.63) is 70.1 Å². The SMILES string of the molecule is C[C@@H](NC(=O)c1cc2c([nH]1)=CCC=C(O)C=2)c1ccccc1. The molecule has 0 unspecified atom stereocenters. The fraction of sp³-hybridized carbons (Fsp3) is 0.167. The van der Waals surface area contributed by atoms with E-state index in [-0.39, 0.29) is 17.7 Å². The molecule has 0 bridgehead atoms. The lowest BCUT2D eigenvalue weighted by Crippen LogP contribution is -2.27. The van der Waals surface area contributed by atoms with E-state index in [1.54, 1.807) is 18.2 Å². The van der Waals surface area contributed by atoms with Gasteiger partial charge in [-0.3, -0.25) is 4.79 Å². The van der Waals surface area contributed by atoms with Crippen molar-refractivity contribution < 1.29 is 9.90 Å². The second-order valence-electron chi connectivity index (χ2n) is 5.37. The van der Waals surface area contributed by atoms with Crippen LogP contribution in [0.5, 0.6) is 0 Å². The summed E-state index contributed by atoms with van der Waals surface area (Å²) >= 11 is 0. The number of carbonyl (C=O) groups is 1. The van der Waals surface area contributed by atoms with Crippen molar-refractivity contribution in [3.8, 4) is 0 Å².